The Bertz CT molecular complexity index is 1540. The predicted molar refractivity (Wildman–Crippen MR) is 143 cm³/mol. The molecule has 0 N–H and O–H groups in total. The first-order chi connectivity index (χ1) is 19.1. The molecule has 0 spiro atoms. The number of aromatic nitrogens is 5. The summed E-state index contributed by atoms with van der Waals surface area (Å²) in [6.45, 7) is 3.67. The first-order valence-corrected chi connectivity index (χ1v) is 13.2. The van der Waals surface area contributed by atoms with Crippen molar-refractivity contribution in [3.8, 4) is 23.2 Å². The Labute approximate surface area is 225 Å². The van der Waals surface area contributed by atoms with Crippen LogP contribution in [-0.4, -0.2) is 81.0 Å². The van der Waals surface area contributed by atoms with Gasteiger partial charge in [-0.3, -0.25) is 9.88 Å². The summed E-state index contributed by atoms with van der Waals surface area (Å²) in [4.78, 5) is 20.7. The van der Waals surface area contributed by atoms with E-state index in [9.17, 15) is 9.65 Å². The zero-order chi connectivity index (χ0) is 26.5. The average molecular weight is 526 g/mol. The standard InChI is InChI=1S/C28H28FN9O/c1-39-27-3-2-18(9-33-27)13-37-22-6-23(37)16-36(15-22)26-12-31-25(11-32-26)24-7-21(35-5-4-20(29)14-35)17-38-28(24)19(8-30)10-34-38/h2-3,7,9-12,17,20,22-23H,4-6,13-16H2,1H3. The Morgan fingerprint density at radius 2 is 1.92 bits per heavy atom. The maximum absolute atomic E-state index is 13.9. The van der Waals surface area contributed by atoms with Crippen molar-refractivity contribution in [1.29, 1.82) is 5.26 Å². The zero-order valence-electron chi connectivity index (χ0n) is 21.6. The molecule has 4 aliphatic heterocycles. The highest BCUT2D eigenvalue weighted by molar-refractivity contribution is 5.85. The molecule has 0 saturated carbocycles. The number of piperidine rings is 1. The molecule has 8 rings (SSSR count). The van der Waals surface area contributed by atoms with E-state index < -0.39 is 6.17 Å². The van der Waals surface area contributed by atoms with Gasteiger partial charge in [-0.25, -0.2) is 18.9 Å². The molecule has 2 bridgehead atoms. The fraction of sp³-hybridized carbons (Fsp3) is 0.393. The molecule has 8 heterocycles. The molecule has 0 radical (unpaired) electrons. The second kappa shape index (κ2) is 9.47. The van der Waals surface area contributed by atoms with E-state index in [1.165, 1.54) is 12.0 Å². The molecule has 0 aromatic carbocycles. The highest BCUT2D eigenvalue weighted by Crippen LogP contribution is 2.36. The lowest BCUT2D eigenvalue weighted by atomic mass is 9.87. The Morgan fingerprint density at radius 3 is 2.59 bits per heavy atom. The van der Waals surface area contributed by atoms with Gasteiger partial charge in [0.2, 0.25) is 5.88 Å². The number of methoxy groups -OCH3 is 1. The number of halogens is 1. The maximum atomic E-state index is 13.9. The van der Waals surface area contributed by atoms with Crippen molar-refractivity contribution in [1.82, 2.24) is 29.5 Å². The van der Waals surface area contributed by atoms with E-state index in [2.05, 4.69) is 32.0 Å². The van der Waals surface area contributed by atoms with Gasteiger partial charge in [0.15, 0.2) is 0 Å². The minimum absolute atomic E-state index is 0.352. The van der Waals surface area contributed by atoms with E-state index in [4.69, 9.17) is 14.7 Å². The van der Waals surface area contributed by atoms with Crippen molar-refractivity contribution in [2.24, 2.45) is 0 Å². The predicted octanol–water partition coefficient (Wildman–Crippen LogP) is 3.08. The van der Waals surface area contributed by atoms with Gasteiger partial charge < -0.3 is 14.5 Å². The SMILES string of the molecule is COc1ccc(CN2C3CC2CN(c2cnc(-c4cc(N5CCC(F)C5)cn5ncc(C#N)c45)cn2)C3)cn1. The number of piperazine rings is 1. The molecule has 3 unspecified atom stereocenters. The number of pyridine rings is 2. The summed E-state index contributed by atoms with van der Waals surface area (Å²) in [5, 5.41) is 14.1. The Hall–Kier alpha value is -4.30. The quantitative estimate of drug-likeness (QED) is 0.376. The molecule has 0 aliphatic carbocycles. The fourth-order valence-corrected chi connectivity index (χ4v) is 6.10. The van der Waals surface area contributed by atoms with Crippen LogP contribution in [-0.2, 0) is 6.54 Å². The number of rotatable bonds is 6. The molecule has 39 heavy (non-hydrogen) atoms. The summed E-state index contributed by atoms with van der Waals surface area (Å²) in [5.74, 6) is 1.48. The summed E-state index contributed by atoms with van der Waals surface area (Å²) in [5.41, 5.74) is 4.62. The number of fused-ring (bicyclic) bond motifs is 3. The minimum Gasteiger partial charge on any atom is -0.481 e. The lowest BCUT2D eigenvalue weighted by molar-refractivity contribution is -0.00879. The third kappa shape index (κ3) is 4.21. The summed E-state index contributed by atoms with van der Waals surface area (Å²) in [6, 6.07) is 9.12. The number of hydrogen-bond acceptors (Lipinski definition) is 9. The van der Waals surface area contributed by atoms with Gasteiger partial charge in [-0.05, 0) is 24.5 Å². The second-order valence-electron chi connectivity index (χ2n) is 10.5. The number of anilines is 2. The van der Waals surface area contributed by atoms with E-state index in [0.29, 0.717) is 54.2 Å². The summed E-state index contributed by atoms with van der Waals surface area (Å²) < 4.78 is 20.8. The summed E-state index contributed by atoms with van der Waals surface area (Å²) in [6.07, 6.45) is 9.74. The largest absolute Gasteiger partial charge is 0.481 e. The van der Waals surface area contributed by atoms with Crippen molar-refractivity contribution >= 4 is 17.0 Å². The van der Waals surface area contributed by atoms with Crippen molar-refractivity contribution in [3.63, 3.8) is 0 Å². The van der Waals surface area contributed by atoms with Gasteiger partial charge in [-0.1, -0.05) is 6.07 Å². The normalized spacial score (nSPS) is 22.6. The van der Waals surface area contributed by atoms with Gasteiger partial charge in [-0.2, -0.15) is 10.4 Å². The Balaban J connectivity index is 1.10. The van der Waals surface area contributed by atoms with E-state index in [1.54, 1.807) is 24.0 Å². The van der Waals surface area contributed by atoms with E-state index in [0.717, 1.165) is 36.7 Å². The van der Waals surface area contributed by atoms with Crippen LogP contribution in [0.5, 0.6) is 5.88 Å². The molecule has 4 aromatic heterocycles. The molecular formula is C28H28FN9O. The van der Waals surface area contributed by atoms with Crippen LogP contribution in [0, 0.1) is 11.3 Å². The molecule has 3 atom stereocenters. The van der Waals surface area contributed by atoms with Gasteiger partial charge in [-0.15, -0.1) is 0 Å². The number of nitriles is 1. The van der Waals surface area contributed by atoms with Crippen LogP contribution in [0.25, 0.3) is 16.8 Å². The lowest BCUT2D eigenvalue weighted by Gasteiger charge is -2.56. The van der Waals surface area contributed by atoms with Crippen LogP contribution < -0.4 is 14.5 Å². The summed E-state index contributed by atoms with van der Waals surface area (Å²) in [7, 11) is 1.63. The highest BCUT2D eigenvalue weighted by Gasteiger charge is 2.44. The van der Waals surface area contributed by atoms with Gasteiger partial charge in [0.1, 0.15) is 18.1 Å². The molecule has 4 fully saturated rings. The van der Waals surface area contributed by atoms with Crippen molar-refractivity contribution < 1.29 is 9.13 Å². The number of nitrogens with zero attached hydrogens (tertiary/aromatic N) is 9. The first-order valence-electron chi connectivity index (χ1n) is 13.2. The van der Waals surface area contributed by atoms with E-state index in [1.807, 2.05) is 35.6 Å². The molecule has 0 amide bonds. The Kier molecular flexibility index (Phi) is 5.77. The van der Waals surface area contributed by atoms with Gasteiger partial charge in [0, 0.05) is 62.6 Å². The van der Waals surface area contributed by atoms with Crippen LogP contribution in [0.3, 0.4) is 0 Å². The number of hydrogen-bond donors (Lipinski definition) is 0. The van der Waals surface area contributed by atoms with E-state index >= 15 is 0 Å². The van der Waals surface area contributed by atoms with Crippen LogP contribution >= 0.6 is 0 Å². The molecule has 11 heteroatoms. The molecule has 198 valence electrons. The highest BCUT2D eigenvalue weighted by atomic mass is 19.1. The topological polar surface area (TPSA) is 98.7 Å². The van der Waals surface area contributed by atoms with Gasteiger partial charge in [0.05, 0.1) is 54.4 Å². The van der Waals surface area contributed by atoms with Crippen LogP contribution in [0.4, 0.5) is 15.9 Å². The van der Waals surface area contributed by atoms with E-state index in [-0.39, 0.29) is 0 Å². The van der Waals surface area contributed by atoms with Gasteiger partial charge >= 0.3 is 0 Å². The lowest BCUT2D eigenvalue weighted by Crippen LogP contribution is -2.68. The monoisotopic (exact) mass is 525 g/mol. The van der Waals surface area contributed by atoms with Crippen molar-refractivity contribution in [2.75, 3.05) is 43.1 Å². The molecular weight excluding hydrogens is 497 g/mol. The number of ether oxygens (including phenoxy) is 1. The van der Waals surface area contributed by atoms with Crippen LogP contribution in [0.1, 0.15) is 24.0 Å². The van der Waals surface area contributed by atoms with Crippen molar-refractivity contribution in [2.45, 2.75) is 37.6 Å². The third-order valence-corrected chi connectivity index (χ3v) is 8.17. The molecule has 4 saturated heterocycles. The molecule has 10 nitrogen and oxygen atoms in total. The third-order valence-electron chi connectivity index (χ3n) is 8.17. The smallest absolute Gasteiger partial charge is 0.212 e. The fourth-order valence-electron chi connectivity index (χ4n) is 6.10. The van der Waals surface area contributed by atoms with Crippen LogP contribution in [0.15, 0.2) is 49.2 Å². The van der Waals surface area contributed by atoms with Crippen molar-refractivity contribution in [3.05, 3.63) is 60.3 Å². The zero-order valence-corrected chi connectivity index (χ0v) is 21.6. The molecule has 4 aliphatic rings. The first kappa shape index (κ1) is 23.8. The second-order valence-corrected chi connectivity index (χ2v) is 10.5. The number of alkyl halides is 1. The van der Waals surface area contributed by atoms with Gasteiger partial charge in [0.25, 0.3) is 0 Å². The van der Waals surface area contributed by atoms with Crippen LogP contribution in [0.2, 0.25) is 0 Å². The Morgan fingerprint density at radius 1 is 1.05 bits per heavy atom. The molecule has 4 aromatic rings. The summed E-state index contributed by atoms with van der Waals surface area (Å²) >= 11 is 0. The maximum Gasteiger partial charge on any atom is 0.212 e. The minimum atomic E-state index is -0.838. The average Bonchev–Trinajstić information content (AvgIpc) is 3.62.